The van der Waals surface area contributed by atoms with E-state index in [1.54, 1.807) is 6.92 Å². The lowest BCUT2D eigenvalue weighted by Crippen LogP contribution is -2.02. The Balaban J connectivity index is 2.53. The summed E-state index contributed by atoms with van der Waals surface area (Å²) in [4.78, 5) is 22.4. The van der Waals surface area contributed by atoms with Crippen molar-refractivity contribution in [3.8, 4) is 5.75 Å². The van der Waals surface area contributed by atoms with Crippen LogP contribution in [0, 0.1) is 10.1 Å². The van der Waals surface area contributed by atoms with Crippen LogP contribution in [0.25, 0.3) is 16.5 Å². The quantitative estimate of drug-likeness (QED) is 0.531. The second-order valence-corrected chi connectivity index (χ2v) is 4.51. The van der Waals surface area contributed by atoms with Crippen molar-refractivity contribution >= 4 is 16.5 Å². The fourth-order valence-electron chi connectivity index (χ4n) is 1.88. The SMILES string of the molecule is C=C(/C=C(\C=C/C)[N+](=O)[O-])c1cc(=O)c2cc(O)ccc2o1. The van der Waals surface area contributed by atoms with E-state index >= 15 is 0 Å². The Morgan fingerprint density at radius 3 is 2.77 bits per heavy atom. The highest BCUT2D eigenvalue weighted by Gasteiger charge is 2.11. The first-order chi connectivity index (χ1) is 10.4. The van der Waals surface area contributed by atoms with Gasteiger partial charge in [0.25, 0.3) is 5.70 Å². The van der Waals surface area contributed by atoms with Crippen LogP contribution in [0.1, 0.15) is 12.7 Å². The minimum Gasteiger partial charge on any atom is -0.508 e. The third kappa shape index (κ3) is 3.12. The highest BCUT2D eigenvalue weighted by molar-refractivity contribution is 5.80. The summed E-state index contributed by atoms with van der Waals surface area (Å²) in [7, 11) is 0. The molecule has 0 saturated heterocycles. The highest BCUT2D eigenvalue weighted by Crippen LogP contribution is 2.22. The Bertz CT molecular complexity index is 874. The molecule has 0 bridgehead atoms. The summed E-state index contributed by atoms with van der Waals surface area (Å²) in [5, 5.41) is 20.5. The molecule has 0 saturated carbocycles. The maximum Gasteiger partial charge on any atom is 0.269 e. The molecule has 2 aromatic rings. The first-order valence-corrected chi connectivity index (χ1v) is 6.37. The molecule has 0 fully saturated rings. The van der Waals surface area contributed by atoms with E-state index in [0.717, 1.165) is 0 Å². The Hall–Kier alpha value is -3.15. The van der Waals surface area contributed by atoms with E-state index in [4.69, 9.17) is 4.42 Å². The minimum absolute atomic E-state index is 0.0463. The maximum absolute atomic E-state index is 12.0. The molecule has 112 valence electrons. The minimum atomic E-state index is -0.553. The van der Waals surface area contributed by atoms with Crippen LogP contribution in [0.2, 0.25) is 0 Å². The average molecular weight is 299 g/mol. The standard InChI is InChI=1S/C16H13NO5/c1-3-4-11(17(20)21)7-10(2)16-9-14(19)13-8-12(18)5-6-15(13)22-16/h3-9,18H,2H2,1H3/b4-3-,11-7+. The van der Waals surface area contributed by atoms with E-state index in [1.165, 1.54) is 42.5 Å². The molecule has 2 rings (SSSR count). The molecular weight excluding hydrogens is 286 g/mol. The Kier molecular flexibility index (Phi) is 4.22. The lowest BCUT2D eigenvalue weighted by atomic mass is 10.1. The molecule has 22 heavy (non-hydrogen) atoms. The molecule has 1 aromatic heterocycles. The lowest BCUT2D eigenvalue weighted by molar-refractivity contribution is -0.418. The van der Waals surface area contributed by atoms with Crippen LogP contribution in [-0.2, 0) is 0 Å². The van der Waals surface area contributed by atoms with Gasteiger partial charge in [-0.15, -0.1) is 0 Å². The third-order valence-electron chi connectivity index (χ3n) is 2.90. The number of phenolic OH excluding ortho intramolecular Hbond substituents is 1. The number of benzene rings is 1. The molecule has 0 spiro atoms. The Morgan fingerprint density at radius 1 is 1.41 bits per heavy atom. The summed E-state index contributed by atoms with van der Waals surface area (Å²) < 4.78 is 5.52. The van der Waals surface area contributed by atoms with Crippen LogP contribution >= 0.6 is 0 Å². The molecule has 6 nitrogen and oxygen atoms in total. The van der Waals surface area contributed by atoms with Crippen molar-refractivity contribution in [3.63, 3.8) is 0 Å². The van der Waals surface area contributed by atoms with Gasteiger partial charge in [0.15, 0.2) is 5.43 Å². The number of aromatic hydroxyl groups is 1. The zero-order valence-electron chi connectivity index (χ0n) is 11.8. The van der Waals surface area contributed by atoms with Crippen molar-refractivity contribution < 1.29 is 14.4 Å². The smallest absolute Gasteiger partial charge is 0.269 e. The number of hydrogen-bond donors (Lipinski definition) is 1. The maximum atomic E-state index is 12.0. The second kappa shape index (κ2) is 6.09. The lowest BCUT2D eigenvalue weighted by Gasteiger charge is -2.03. The van der Waals surface area contributed by atoms with Gasteiger partial charge in [-0.05, 0) is 25.1 Å². The van der Waals surface area contributed by atoms with Crippen LogP contribution in [0.4, 0.5) is 0 Å². The molecule has 1 aromatic carbocycles. The van der Waals surface area contributed by atoms with Crippen molar-refractivity contribution in [1.82, 2.24) is 0 Å². The number of phenols is 1. The average Bonchev–Trinajstić information content (AvgIpc) is 2.47. The van der Waals surface area contributed by atoms with Gasteiger partial charge in [-0.3, -0.25) is 14.9 Å². The van der Waals surface area contributed by atoms with Crippen molar-refractivity contribution in [2.24, 2.45) is 0 Å². The van der Waals surface area contributed by atoms with Crippen molar-refractivity contribution in [1.29, 1.82) is 0 Å². The van der Waals surface area contributed by atoms with Gasteiger partial charge in [0.05, 0.1) is 10.3 Å². The molecule has 0 aliphatic carbocycles. The Labute approximate surface area is 125 Å². The van der Waals surface area contributed by atoms with Gasteiger partial charge >= 0.3 is 0 Å². The first-order valence-electron chi connectivity index (χ1n) is 6.37. The molecule has 0 radical (unpaired) electrons. The van der Waals surface area contributed by atoms with Gasteiger partial charge in [0.2, 0.25) is 0 Å². The highest BCUT2D eigenvalue weighted by atomic mass is 16.6. The summed E-state index contributed by atoms with van der Waals surface area (Å²) in [5.41, 5.74) is -0.0586. The van der Waals surface area contributed by atoms with Gasteiger partial charge in [-0.25, -0.2) is 0 Å². The van der Waals surface area contributed by atoms with Crippen LogP contribution in [0.3, 0.4) is 0 Å². The molecule has 0 unspecified atom stereocenters. The summed E-state index contributed by atoms with van der Waals surface area (Å²) in [6, 6.07) is 5.32. The van der Waals surface area contributed by atoms with E-state index in [9.17, 15) is 20.0 Å². The van der Waals surface area contributed by atoms with Crippen LogP contribution in [0.15, 0.2) is 64.0 Å². The van der Waals surface area contributed by atoms with Gasteiger partial charge in [0.1, 0.15) is 17.1 Å². The zero-order chi connectivity index (χ0) is 16.3. The van der Waals surface area contributed by atoms with E-state index in [-0.39, 0.29) is 39.2 Å². The monoisotopic (exact) mass is 299 g/mol. The number of nitrogens with zero attached hydrogens (tertiary/aromatic N) is 1. The number of nitro groups is 1. The molecule has 0 aliphatic rings. The number of fused-ring (bicyclic) bond motifs is 1. The molecule has 0 atom stereocenters. The molecule has 0 amide bonds. The second-order valence-electron chi connectivity index (χ2n) is 4.51. The number of rotatable bonds is 4. The summed E-state index contributed by atoms with van der Waals surface area (Å²) in [5.74, 6) is 0.0852. The first kappa shape index (κ1) is 15.2. The predicted octanol–water partition coefficient (Wildman–Crippen LogP) is 3.25. The normalized spacial score (nSPS) is 12.0. The zero-order valence-corrected chi connectivity index (χ0v) is 11.8. The van der Waals surface area contributed by atoms with Gasteiger partial charge in [-0.2, -0.15) is 0 Å². The van der Waals surface area contributed by atoms with Gasteiger partial charge < -0.3 is 9.52 Å². The fourth-order valence-corrected chi connectivity index (χ4v) is 1.88. The van der Waals surface area contributed by atoms with Gasteiger partial charge in [0, 0.05) is 23.8 Å². The topological polar surface area (TPSA) is 93.6 Å². The number of allylic oxidation sites excluding steroid dienone is 4. The van der Waals surface area contributed by atoms with E-state index in [2.05, 4.69) is 6.58 Å². The van der Waals surface area contributed by atoms with Crippen LogP contribution in [-0.4, -0.2) is 10.0 Å². The fraction of sp³-hybridized carbons (Fsp3) is 0.0625. The van der Waals surface area contributed by atoms with Crippen molar-refractivity contribution in [2.45, 2.75) is 6.92 Å². The van der Waals surface area contributed by atoms with Crippen molar-refractivity contribution in [2.75, 3.05) is 0 Å². The van der Waals surface area contributed by atoms with E-state index in [1.807, 2.05) is 0 Å². The Morgan fingerprint density at radius 2 is 2.14 bits per heavy atom. The van der Waals surface area contributed by atoms with E-state index < -0.39 is 4.92 Å². The van der Waals surface area contributed by atoms with Crippen LogP contribution in [0.5, 0.6) is 5.75 Å². The molecule has 1 N–H and O–H groups in total. The number of hydrogen-bond acceptors (Lipinski definition) is 5. The van der Waals surface area contributed by atoms with Crippen LogP contribution < -0.4 is 5.43 Å². The van der Waals surface area contributed by atoms with Crippen molar-refractivity contribution in [3.05, 3.63) is 80.9 Å². The largest absolute Gasteiger partial charge is 0.508 e. The summed E-state index contributed by atoms with van der Waals surface area (Å²) in [6.07, 6.45) is 4.08. The molecular formula is C16H13NO5. The molecule has 6 heteroatoms. The van der Waals surface area contributed by atoms with E-state index in [0.29, 0.717) is 0 Å². The summed E-state index contributed by atoms with van der Waals surface area (Å²) in [6.45, 7) is 5.35. The summed E-state index contributed by atoms with van der Waals surface area (Å²) >= 11 is 0. The molecule has 0 aliphatic heterocycles. The predicted molar refractivity (Wildman–Crippen MR) is 83.1 cm³/mol. The third-order valence-corrected chi connectivity index (χ3v) is 2.90. The molecule has 1 heterocycles. The van der Waals surface area contributed by atoms with Gasteiger partial charge in [-0.1, -0.05) is 12.7 Å².